The fourth-order valence-corrected chi connectivity index (χ4v) is 2.79. The summed E-state index contributed by atoms with van der Waals surface area (Å²) in [6.07, 6.45) is 2.45. The number of pyridine rings is 1. The Balaban J connectivity index is 1.89. The Hall–Kier alpha value is -2.38. The normalized spacial score (nSPS) is 18.2. The summed E-state index contributed by atoms with van der Waals surface area (Å²) in [7, 11) is 3.31. The molecule has 1 aliphatic heterocycles. The Morgan fingerprint density at radius 1 is 1.52 bits per heavy atom. The lowest BCUT2D eigenvalue weighted by molar-refractivity contribution is -0.128. The summed E-state index contributed by atoms with van der Waals surface area (Å²) in [5.41, 5.74) is -0.550. The predicted octanol–water partition coefficient (Wildman–Crippen LogP) is 0.737. The van der Waals surface area contributed by atoms with Crippen molar-refractivity contribution in [3.8, 4) is 0 Å². The van der Waals surface area contributed by atoms with Crippen LogP contribution in [0.2, 0.25) is 0 Å². The van der Waals surface area contributed by atoms with E-state index in [9.17, 15) is 9.18 Å². The molecule has 0 spiro atoms. The third-order valence-corrected chi connectivity index (χ3v) is 4.33. The van der Waals surface area contributed by atoms with Crippen molar-refractivity contribution >= 4 is 17.7 Å². The van der Waals surface area contributed by atoms with Gasteiger partial charge in [-0.05, 0) is 32.4 Å². The second-order valence-corrected chi connectivity index (χ2v) is 6.77. The van der Waals surface area contributed by atoms with Gasteiger partial charge in [0.1, 0.15) is 0 Å². The van der Waals surface area contributed by atoms with E-state index in [2.05, 4.69) is 25.9 Å². The zero-order valence-corrected chi connectivity index (χ0v) is 15.3. The number of nitrogens with zero attached hydrogens (tertiary/aromatic N) is 3. The molecule has 3 N–H and O–H groups in total. The van der Waals surface area contributed by atoms with Gasteiger partial charge in [-0.2, -0.15) is 0 Å². The van der Waals surface area contributed by atoms with Crippen LogP contribution in [-0.2, 0) is 4.79 Å². The highest BCUT2D eigenvalue weighted by atomic mass is 19.1. The summed E-state index contributed by atoms with van der Waals surface area (Å²) < 4.78 is 13.9. The fraction of sp³-hybridized carbons (Fsp3) is 0.588. The predicted molar refractivity (Wildman–Crippen MR) is 97.2 cm³/mol. The molecule has 1 fully saturated rings. The molecule has 2 heterocycles. The molecule has 25 heavy (non-hydrogen) atoms. The highest BCUT2D eigenvalue weighted by Crippen LogP contribution is 2.20. The average Bonchev–Trinajstić information content (AvgIpc) is 3.06. The van der Waals surface area contributed by atoms with Crippen molar-refractivity contribution in [3.63, 3.8) is 0 Å². The molecular formula is C17H27FN6O. The van der Waals surface area contributed by atoms with Gasteiger partial charge in [-0.1, -0.05) is 0 Å². The van der Waals surface area contributed by atoms with E-state index in [1.54, 1.807) is 26.4 Å². The number of carbonyl (C=O) groups is 1. The first kappa shape index (κ1) is 19.0. The fourth-order valence-electron chi connectivity index (χ4n) is 2.79. The number of hydrogen-bond acceptors (Lipinski definition) is 4. The van der Waals surface area contributed by atoms with Crippen LogP contribution < -0.4 is 20.9 Å². The molecule has 2 rings (SSSR count). The topological polar surface area (TPSA) is 81.6 Å². The van der Waals surface area contributed by atoms with Crippen molar-refractivity contribution in [3.05, 3.63) is 24.1 Å². The quantitative estimate of drug-likeness (QED) is 0.539. The standard InChI is InChI=1S/C17H27FN6O/c1-17(2,15(25)19-3)11-22-16(20-4)23-12-7-9-24(10-12)14-13(18)6-5-8-21-14/h5-6,8,12H,7,9-11H2,1-4H3,(H,19,25)(H2,20,22,23). The SMILES string of the molecule is CN=C(NCC(C)(C)C(=O)NC)NC1CCN(c2ncccc2F)C1. The van der Waals surface area contributed by atoms with E-state index in [0.717, 1.165) is 13.0 Å². The van der Waals surface area contributed by atoms with Gasteiger partial charge in [0.2, 0.25) is 5.91 Å². The van der Waals surface area contributed by atoms with Crippen molar-refractivity contribution in [1.82, 2.24) is 20.9 Å². The van der Waals surface area contributed by atoms with E-state index in [1.807, 2.05) is 18.7 Å². The molecule has 1 aromatic rings. The maximum atomic E-state index is 13.9. The van der Waals surface area contributed by atoms with E-state index in [-0.39, 0.29) is 17.8 Å². The Bertz CT molecular complexity index is 633. The number of hydrogen-bond donors (Lipinski definition) is 3. The third kappa shape index (κ3) is 4.80. The van der Waals surface area contributed by atoms with Gasteiger partial charge in [-0.25, -0.2) is 9.37 Å². The summed E-state index contributed by atoms with van der Waals surface area (Å²) >= 11 is 0. The monoisotopic (exact) mass is 350 g/mol. The molecule has 1 aliphatic rings. The van der Waals surface area contributed by atoms with Crippen molar-refractivity contribution in [2.24, 2.45) is 10.4 Å². The van der Waals surface area contributed by atoms with Crippen LogP contribution >= 0.6 is 0 Å². The largest absolute Gasteiger partial charge is 0.359 e. The number of aliphatic imine (C=N–C) groups is 1. The minimum atomic E-state index is -0.550. The molecular weight excluding hydrogens is 323 g/mol. The molecule has 1 atom stereocenters. The molecule has 0 bridgehead atoms. The van der Waals surface area contributed by atoms with Crippen LogP contribution in [0.5, 0.6) is 0 Å². The molecule has 1 aromatic heterocycles. The first-order valence-electron chi connectivity index (χ1n) is 8.42. The molecule has 7 nitrogen and oxygen atoms in total. The van der Waals surface area contributed by atoms with Crippen LogP contribution in [0.1, 0.15) is 20.3 Å². The molecule has 1 amide bonds. The number of rotatable bonds is 5. The third-order valence-electron chi connectivity index (χ3n) is 4.33. The molecule has 138 valence electrons. The number of anilines is 1. The van der Waals surface area contributed by atoms with Gasteiger partial charge in [-0.15, -0.1) is 0 Å². The second-order valence-electron chi connectivity index (χ2n) is 6.77. The van der Waals surface area contributed by atoms with Crippen molar-refractivity contribution in [2.75, 3.05) is 38.6 Å². The van der Waals surface area contributed by atoms with Crippen LogP contribution in [-0.4, -0.2) is 56.6 Å². The van der Waals surface area contributed by atoms with Crippen LogP contribution in [0.15, 0.2) is 23.3 Å². The number of nitrogens with one attached hydrogen (secondary N) is 3. The van der Waals surface area contributed by atoms with E-state index in [4.69, 9.17) is 0 Å². The van der Waals surface area contributed by atoms with Crippen LogP contribution in [0.25, 0.3) is 0 Å². The first-order chi connectivity index (χ1) is 11.9. The lowest BCUT2D eigenvalue weighted by Gasteiger charge is -2.25. The maximum Gasteiger partial charge on any atom is 0.227 e. The lowest BCUT2D eigenvalue weighted by Crippen LogP contribution is -2.50. The zero-order valence-electron chi connectivity index (χ0n) is 15.3. The molecule has 1 unspecified atom stereocenters. The number of halogens is 1. The number of aromatic nitrogens is 1. The van der Waals surface area contributed by atoms with Crippen LogP contribution in [0, 0.1) is 11.2 Å². The molecule has 0 aliphatic carbocycles. The van der Waals surface area contributed by atoms with Crippen molar-refractivity contribution < 1.29 is 9.18 Å². The summed E-state index contributed by atoms with van der Waals surface area (Å²) in [5.74, 6) is 0.673. The molecule has 0 aromatic carbocycles. The minimum Gasteiger partial charge on any atom is -0.359 e. The Labute approximate surface area is 148 Å². The van der Waals surface area contributed by atoms with Gasteiger partial charge in [0.15, 0.2) is 17.6 Å². The number of carbonyl (C=O) groups excluding carboxylic acids is 1. The molecule has 1 saturated heterocycles. The molecule has 8 heteroatoms. The van der Waals surface area contributed by atoms with Crippen LogP contribution in [0.4, 0.5) is 10.2 Å². The minimum absolute atomic E-state index is 0.0341. The van der Waals surface area contributed by atoms with E-state index >= 15 is 0 Å². The van der Waals surface area contributed by atoms with E-state index in [0.29, 0.717) is 24.9 Å². The highest BCUT2D eigenvalue weighted by molar-refractivity contribution is 5.84. The van der Waals surface area contributed by atoms with Crippen molar-refractivity contribution in [2.45, 2.75) is 26.3 Å². The smallest absolute Gasteiger partial charge is 0.227 e. The van der Waals surface area contributed by atoms with Gasteiger partial charge >= 0.3 is 0 Å². The van der Waals surface area contributed by atoms with E-state index in [1.165, 1.54) is 6.07 Å². The lowest BCUT2D eigenvalue weighted by atomic mass is 9.92. The highest BCUT2D eigenvalue weighted by Gasteiger charge is 2.28. The zero-order chi connectivity index (χ0) is 18.4. The first-order valence-corrected chi connectivity index (χ1v) is 8.42. The Morgan fingerprint density at radius 3 is 2.92 bits per heavy atom. The number of guanidine groups is 1. The maximum absolute atomic E-state index is 13.9. The van der Waals surface area contributed by atoms with Crippen LogP contribution in [0.3, 0.4) is 0 Å². The van der Waals surface area contributed by atoms with Crippen molar-refractivity contribution in [1.29, 1.82) is 0 Å². The number of amides is 1. The molecule has 0 saturated carbocycles. The van der Waals surface area contributed by atoms with Gasteiger partial charge in [0.25, 0.3) is 0 Å². The molecule has 0 radical (unpaired) electrons. The summed E-state index contributed by atoms with van der Waals surface area (Å²) in [4.78, 5) is 22.1. The summed E-state index contributed by atoms with van der Waals surface area (Å²) in [6, 6.07) is 3.14. The summed E-state index contributed by atoms with van der Waals surface area (Å²) in [5, 5.41) is 9.18. The summed E-state index contributed by atoms with van der Waals surface area (Å²) in [6.45, 7) is 5.57. The Kier molecular flexibility index (Phi) is 6.17. The van der Waals surface area contributed by atoms with Gasteiger partial charge < -0.3 is 20.9 Å². The van der Waals surface area contributed by atoms with Gasteiger partial charge in [-0.3, -0.25) is 9.79 Å². The average molecular weight is 350 g/mol. The van der Waals surface area contributed by atoms with E-state index < -0.39 is 5.41 Å². The second kappa shape index (κ2) is 8.13. The van der Waals surface area contributed by atoms with Gasteiger partial charge in [0.05, 0.1) is 5.41 Å². The van der Waals surface area contributed by atoms with Gasteiger partial charge in [0, 0.05) is 46.0 Å². The Morgan fingerprint density at radius 2 is 2.28 bits per heavy atom.